The van der Waals surface area contributed by atoms with Crippen molar-refractivity contribution in [1.82, 2.24) is 10.2 Å². The smallest absolute Gasteiger partial charge is 0.408 e. The summed E-state index contributed by atoms with van der Waals surface area (Å²) in [6.45, 7) is 8.38. The molecule has 1 fully saturated rings. The van der Waals surface area contributed by atoms with E-state index in [4.69, 9.17) is 14.2 Å². The molecular formula is C13H24N2O5. The van der Waals surface area contributed by atoms with Gasteiger partial charge in [-0.3, -0.25) is 4.90 Å². The zero-order chi connectivity index (χ0) is 15.2. The summed E-state index contributed by atoms with van der Waals surface area (Å²) in [6.07, 6.45) is -0.624. The van der Waals surface area contributed by atoms with Crippen LogP contribution in [0.1, 0.15) is 20.8 Å². The highest BCUT2D eigenvalue weighted by atomic mass is 16.6. The number of nitrogens with one attached hydrogen (secondary N) is 1. The maximum Gasteiger partial charge on any atom is 0.408 e. The van der Waals surface area contributed by atoms with E-state index in [0.717, 1.165) is 13.1 Å². The Morgan fingerprint density at radius 2 is 1.90 bits per heavy atom. The Kier molecular flexibility index (Phi) is 6.22. The van der Waals surface area contributed by atoms with Crippen LogP contribution in [0.4, 0.5) is 4.79 Å². The summed E-state index contributed by atoms with van der Waals surface area (Å²) in [5, 5.41) is 2.55. The molecule has 20 heavy (non-hydrogen) atoms. The van der Waals surface area contributed by atoms with Crippen LogP contribution in [0.3, 0.4) is 0 Å². The summed E-state index contributed by atoms with van der Waals surface area (Å²) in [5.41, 5.74) is -0.607. The fourth-order valence-electron chi connectivity index (χ4n) is 1.81. The zero-order valence-corrected chi connectivity index (χ0v) is 12.6. The van der Waals surface area contributed by atoms with E-state index in [2.05, 4.69) is 5.32 Å². The number of nitrogens with zero attached hydrogens (tertiary/aromatic N) is 1. The molecule has 0 aromatic rings. The molecule has 1 saturated heterocycles. The lowest BCUT2D eigenvalue weighted by Crippen LogP contribution is -2.52. The Bertz CT molecular complexity index is 334. The monoisotopic (exact) mass is 288 g/mol. The van der Waals surface area contributed by atoms with Gasteiger partial charge in [0.05, 0.1) is 20.3 Å². The van der Waals surface area contributed by atoms with Gasteiger partial charge in [0.1, 0.15) is 11.6 Å². The van der Waals surface area contributed by atoms with Crippen LogP contribution in [0.25, 0.3) is 0 Å². The molecule has 7 nitrogen and oxygen atoms in total. The summed E-state index contributed by atoms with van der Waals surface area (Å²) in [7, 11) is 1.30. The molecule has 1 aliphatic rings. The van der Waals surface area contributed by atoms with Crippen molar-refractivity contribution in [3.8, 4) is 0 Å². The first-order chi connectivity index (χ1) is 9.31. The highest BCUT2D eigenvalue weighted by Crippen LogP contribution is 2.07. The van der Waals surface area contributed by atoms with Gasteiger partial charge in [-0.25, -0.2) is 9.59 Å². The summed E-state index contributed by atoms with van der Waals surface area (Å²) in [6, 6.07) is -0.743. The van der Waals surface area contributed by atoms with E-state index < -0.39 is 23.7 Å². The molecule has 0 aromatic heterocycles. The number of rotatable bonds is 4. The fourth-order valence-corrected chi connectivity index (χ4v) is 1.81. The number of esters is 1. The van der Waals surface area contributed by atoms with Crippen LogP contribution in [0, 0.1) is 0 Å². The third kappa shape index (κ3) is 6.21. The molecule has 0 spiro atoms. The SMILES string of the molecule is COC(=O)C(CN1CCOCC1)NC(=O)OC(C)(C)C. The van der Waals surface area contributed by atoms with Crippen LogP contribution in [0.5, 0.6) is 0 Å². The second kappa shape index (κ2) is 7.44. The molecule has 1 rings (SSSR count). The molecule has 1 unspecified atom stereocenters. The average Bonchev–Trinajstić information content (AvgIpc) is 2.36. The normalized spacial score (nSPS) is 18.2. The van der Waals surface area contributed by atoms with E-state index in [0.29, 0.717) is 19.8 Å². The summed E-state index contributed by atoms with van der Waals surface area (Å²) >= 11 is 0. The van der Waals surface area contributed by atoms with Crippen LogP contribution < -0.4 is 5.32 Å². The van der Waals surface area contributed by atoms with E-state index in [-0.39, 0.29) is 0 Å². The fraction of sp³-hybridized carbons (Fsp3) is 0.846. The average molecular weight is 288 g/mol. The van der Waals surface area contributed by atoms with E-state index in [9.17, 15) is 9.59 Å². The van der Waals surface area contributed by atoms with Crippen LogP contribution in [0.15, 0.2) is 0 Å². The largest absolute Gasteiger partial charge is 0.467 e. The standard InChI is InChI=1S/C13H24N2O5/c1-13(2,3)20-12(17)14-10(11(16)18-4)9-15-5-7-19-8-6-15/h10H,5-9H2,1-4H3,(H,14,17). The Morgan fingerprint density at radius 1 is 1.30 bits per heavy atom. The Labute approximate surface area is 119 Å². The van der Waals surface area contributed by atoms with Gasteiger partial charge in [-0.05, 0) is 20.8 Å². The van der Waals surface area contributed by atoms with Gasteiger partial charge >= 0.3 is 12.1 Å². The summed E-state index contributed by atoms with van der Waals surface area (Å²) in [5.74, 6) is -0.484. The Morgan fingerprint density at radius 3 is 2.40 bits per heavy atom. The van der Waals surface area contributed by atoms with Crippen LogP contribution in [-0.4, -0.2) is 68.6 Å². The van der Waals surface area contributed by atoms with Gasteiger partial charge in [-0.15, -0.1) is 0 Å². The molecular weight excluding hydrogens is 264 g/mol. The zero-order valence-electron chi connectivity index (χ0n) is 12.6. The van der Waals surface area contributed by atoms with Crippen molar-refractivity contribution in [2.75, 3.05) is 40.0 Å². The van der Waals surface area contributed by atoms with Crippen LogP contribution in [0.2, 0.25) is 0 Å². The van der Waals surface area contributed by atoms with Gasteiger partial charge in [-0.2, -0.15) is 0 Å². The molecule has 1 N–H and O–H groups in total. The topological polar surface area (TPSA) is 77.1 Å². The minimum atomic E-state index is -0.743. The minimum Gasteiger partial charge on any atom is -0.467 e. The number of carbonyl (C=O) groups excluding carboxylic acids is 2. The molecule has 1 aliphatic heterocycles. The van der Waals surface area contributed by atoms with Gasteiger partial charge < -0.3 is 19.5 Å². The molecule has 7 heteroatoms. The summed E-state index contributed by atoms with van der Waals surface area (Å²) in [4.78, 5) is 25.5. The van der Waals surface area contributed by atoms with Gasteiger partial charge in [0.2, 0.25) is 0 Å². The second-order valence-corrected chi connectivity index (χ2v) is 5.63. The first kappa shape index (κ1) is 16.7. The Balaban J connectivity index is 2.55. The molecule has 0 aromatic carbocycles. The van der Waals surface area contributed by atoms with Crippen molar-refractivity contribution in [3.63, 3.8) is 0 Å². The molecule has 0 aliphatic carbocycles. The first-order valence-electron chi connectivity index (χ1n) is 6.69. The van der Waals surface area contributed by atoms with Crippen LogP contribution in [-0.2, 0) is 19.0 Å². The lowest BCUT2D eigenvalue weighted by atomic mass is 10.2. The van der Waals surface area contributed by atoms with Crippen molar-refractivity contribution in [3.05, 3.63) is 0 Å². The summed E-state index contributed by atoms with van der Waals surface area (Å²) < 4.78 is 15.1. The molecule has 1 atom stereocenters. The minimum absolute atomic E-state index is 0.384. The number of alkyl carbamates (subject to hydrolysis) is 1. The van der Waals surface area contributed by atoms with Crippen molar-refractivity contribution in [2.45, 2.75) is 32.4 Å². The predicted octanol–water partition coefficient (Wildman–Crippen LogP) is 0.385. The number of morpholine rings is 1. The van der Waals surface area contributed by atoms with Crippen molar-refractivity contribution < 1.29 is 23.8 Å². The number of methoxy groups -OCH3 is 1. The number of amides is 1. The lowest BCUT2D eigenvalue weighted by molar-refractivity contribution is -0.144. The Hall–Kier alpha value is -1.34. The van der Waals surface area contributed by atoms with Gasteiger partial charge in [0, 0.05) is 19.6 Å². The highest BCUT2D eigenvalue weighted by molar-refractivity contribution is 5.81. The highest BCUT2D eigenvalue weighted by Gasteiger charge is 2.27. The third-order valence-corrected chi connectivity index (χ3v) is 2.72. The maximum atomic E-state index is 11.7. The van der Waals surface area contributed by atoms with E-state index >= 15 is 0 Å². The van der Waals surface area contributed by atoms with E-state index in [1.165, 1.54) is 7.11 Å². The van der Waals surface area contributed by atoms with Gasteiger partial charge in [0.15, 0.2) is 0 Å². The third-order valence-electron chi connectivity index (χ3n) is 2.72. The van der Waals surface area contributed by atoms with E-state index in [1.807, 2.05) is 4.90 Å². The number of ether oxygens (including phenoxy) is 3. The molecule has 0 radical (unpaired) electrons. The van der Waals surface area contributed by atoms with E-state index in [1.54, 1.807) is 20.8 Å². The van der Waals surface area contributed by atoms with Crippen molar-refractivity contribution in [2.24, 2.45) is 0 Å². The predicted molar refractivity (Wildman–Crippen MR) is 72.4 cm³/mol. The number of carbonyl (C=O) groups is 2. The first-order valence-corrected chi connectivity index (χ1v) is 6.69. The van der Waals surface area contributed by atoms with Crippen molar-refractivity contribution >= 4 is 12.1 Å². The molecule has 116 valence electrons. The van der Waals surface area contributed by atoms with Crippen molar-refractivity contribution in [1.29, 1.82) is 0 Å². The molecule has 0 bridgehead atoms. The number of hydrogen-bond donors (Lipinski definition) is 1. The molecule has 1 heterocycles. The lowest BCUT2D eigenvalue weighted by Gasteiger charge is -2.30. The molecule has 1 amide bonds. The maximum absolute atomic E-state index is 11.7. The second-order valence-electron chi connectivity index (χ2n) is 5.63. The van der Waals surface area contributed by atoms with Crippen LogP contribution >= 0.6 is 0 Å². The quantitative estimate of drug-likeness (QED) is 0.754. The van der Waals surface area contributed by atoms with Gasteiger partial charge in [0.25, 0.3) is 0 Å². The van der Waals surface area contributed by atoms with Gasteiger partial charge in [-0.1, -0.05) is 0 Å². The number of hydrogen-bond acceptors (Lipinski definition) is 6. The molecule has 0 saturated carbocycles.